The number of ether oxygens (including phenoxy) is 1. The summed E-state index contributed by atoms with van der Waals surface area (Å²) in [6.45, 7) is 2.01. The number of Topliss-reactive ketones (excluding diaryl/α,β-unsaturated/α-hetero) is 1. The number of aliphatic hydroxyl groups is 1. The molecule has 0 bridgehead atoms. The Kier molecular flexibility index (Phi) is 43.1. The number of ketones is 1. The number of aliphatic hydroxyl groups excluding tert-OH is 1. The average molecular weight is 1850 g/mol. The van der Waals surface area contributed by atoms with Gasteiger partial charge in [0.1, 0.15) is 83.3 Å². The molecule has 0 unspecified atom stereocenters. The summed E-state index contributed by atoms with van der Waals surface area (Å²) in [6.07, 6.45) is -12.1. The number of rotatable bonds is 58. The van der Waals surface area contributed by atoms with Crippen LogP contribution in [-0.4, -0.2) is 286 Å². The Labute approximate surface area is 740 Å². The Morgan fingerprint density at radius 3 is 1.11 bits per heavy atom. The van der Waals surface area contributed by atoms with E-state index >= 15 is 0 Å². The van der Waals surface area contributed by atoms with Gasteiger partial charge in [0.05, 0.1) is 38.7 Å². The summed E-state index contributed by atoms with van der Waals surface area (Å²) in [6, 6.07) is -8.91. The summed E-state index contributed by atoms with van der Waals surface area (Å²) in [7, 11) is 0. The highest BCUT2D eigenvalue weighted by Crippen LogP contribution is 2.44. The molecule has 0 saturated heterocycles. The summed E-state index contributed by atoms with van der Waals surface area (Å²) in [4.78, 5) is 322. The maximum atomic E-state index is 14.2. The highest BCUT2D eigenvalue weighted by Gasteiger charge is 2.38. The second-order valence-corrected chi connectivity index (χ2v) is 30.0. The molecule has 2 aliphatic rings. The Hall–Kier alpha value is -15.6. The summed E-state index contributed by atoms with van der Waals surface area (Å²) >= 11 is 0. The van der Waals surface area contributed by atoms with Crippen LogP contribution >= 0.6 is 0 Å². The second-order valence-electron chi connectivity index (χ2n) is 30.0. The lowest BCUT2D eigenvalue weighted by atomic mass is 9.92. The van der Waals surface area contributed by atoms with Gasteiger partial charge in [-0.15, -0.1) is 0 Å². The van der Waals surface area contributed by atoms with E-state index in [0.717, 1.165) is 13.0 Å². The number of phenols is 1. The van der Waals surface area contributed by atoms with Crippen LogP contribution < -0.4 is 84.6 Å². The topological polar surface area (TPSA) is 820 Å². The van der Waals surface area contributed by atoms with Crippen molar-refractivity contribution in [2.75, 3.05) is 26.2 Å². The summed E-state index contributed by atoms with van der Waals surface area (Å²) in [5, 5.41) is 127. The van der Waals surface area contributed by atoms with Crippen molar-refractivity contribution in [3.8, 4) is 33.9 Å². The zero-order valence-corrected chi connectivity index (χ0v) is 70.7. The largest absolute Gasteiger partial charge is 0.508 e. The molecule has 712 valence electrons. The molecule has 1 aliphatic carbocycles. The fraction of sp³-hybridized carbons (Fsp3) is 0.463. The van der Waals surface area contributed by atoms with Crippen molar-refractivity contribution in [2.24, 2.45) is 11.8 Å². The minimum atomic E-state index is -2.08. The fourth-order valence-corrected chi connectivity index (χ4v) is 12.4. The van der Waals surface area contributed by atoms with Crippen LogP contribution in [0.25, 0.3) is 33.4 Å². The van der Waals surface area contributed by atoms with Gasteiger partial charge in [0, 0.05) is 84.7 Å². The molecule has 0 aromatic heterocycles. The molecule has 1 aliphatic heterocycles. The lowest BCUT2D eigenvalue weighted by Crippen LogP contribution is -2.61. The molecule has 0 fully saturated rings. The van der Waals surface area contributed by atoms with Crippen molar-refractivity contribution in [1.82, 2.24) is 74.4 Å². The zero-order valence-electron chi connectivity index (χ0n) is 70.7. The Bertz CT molecular complexity index is 5010. The number of nitrogens with one attached hydrogen (secondary N) is 14. The third-order valence-corrected chi connectivity index (χ3v) is 19.1. The number of fused-ring (bicyclic) bond motifs is 2. The SMILES string of the molecule is CC(=O)[C@H](CCC(=O)O)NC(=O)[C@H](CCC(=O)O)NC(=O)CNC(=O)[C@H](CCC(=O)O)NC(=O)[C@H](CCC(=O)O)NC(=O)[C@H](CCC(=O)O)NC(=O)CNC(=O)[C@H](CCC(=O)O)NC(=O)CNC(=O)[C@H](CCC(=O)O)NC(=O)[C@@H](NC(=O)[C@H](CO)NC(=O)[C@H](CC(=O)O)NC(=O)[C@@H](NC(=O)c1ccc(OC=O)c(-c2c3ccc(=O)cc-3oc3cc(O)ccc23)c1)C(C)C)C(C)C. The number of aromatic hydroxyl groups is 1. The van der Waals surface area contributed by atoms with Crippen LogP contribution in [0.5, 0.6) is 11.5 Å². The molecule has 11 atom stereocenters. The number of phenolic OH excluding ortho intramolecular Hbond substituents is 1. The van der Waals surface area contributed by atoms with E-state index in [2.05, 4.69) is 63.8 Å². The first-order valence-electron chi connectivity index (χ1n) is 40.0. The van der Waals surface area contributed by atoms with E-state index < -0.39 is 343 Å². The van der Waals surface area contributed by atoms with E-state index in [4.69, 9.17) is 14.3 Å². The third kappa shape index (κ3) is 36.7. The van der Waals surface area contributed by atoms with Crippen molar-refractivity contribution in [3.05, 3.63) is 70.4 Å². The van der Waals surface area contributed by atoms with Gasteiger partial charge < -0.3 is 135 Å². The number of hydrogen-bond acceptors (Lipinski definition) is 29. The minimum absolute atomic E-state index is 0.0319. The highest BCUT2D eigenvalue weighted by atomic mass is 16.5. The normalized spacial score (nSPS) is 13.5. The van der Waals surface area contributed by atoms with Gasteiger partial charge in [-0.05, 0) is 106 Å². The fourth-order valence-electron chi connectivity index (χ4n) is 12.4. The monoisotopic (exact) mass is 1850 g/mol. The van der Waals surface area contributed by atoms with Crippen LogP contribution in [0.1, 0.15) is 141 Å². The molecule has 131 heavy (non-hydrogen) atoms. The van der Waals surface area contributed by atoms with Crippen LogP contribution in [0, 0.1) is 11.8 Å². The number of carbonyl (C=O) groups excluding carboxylic acids is 16. The standard InChI is InChI=1S/C80H100N14O37/c1-35(2)68(93-70(119)38-6-18-53(130-34-96)43(26-38)67-41-9-7-39(98)27-54(41)131-55-28-40(99)8-10-42(55)67)80(129)91-51(29-66(117)118)77(126)92-52(33-95)78(127)94-69(36(3)4)79(128)90-47(14-22-62(109)110)73(122)83-30-56(100)84-45(12-20-60(105)106)71(120)81-31-57(101)86-49(16-24-64(113)114)75(124)89-50(17-25-65(115)116)76(125)88-46(13-21-61(107)108)72(121)82-32-58(102)85-48(15-23-63(111)112)74(123)87-44(37(5)97)11-19-59(103)104/h6-10,18,26-28,34-36,44-52,68-69,95,98H,11-17,19-25,29-33H2,1-5H3,(H,81,120)(H,82,121)(H,83,122)(H,84,100)(H,85,102)(H,86,101)(H,87,123)(H,88,125)(H,89,124)(H,90,128)(H,91,129)(H,92,126)(H,93,119)(H,94,127)(H,103,104)(H,105,106)(H,107,108)(H,109,110)(H,111,112)(H,113,114)(H,115,116)(H,117,118)/t44-,45-,46-,47-,48-,49-,50-,51-,52-,68-,69-/m0/s1. The lowest BCUT2D eigenvalue weighted by Gasteiger charge is -2.28. The molecule has 14 amide bonds. The number of carboxylic acid groups (broad SMARTS) is 8. The molecular weight excluding hydrogens is 1750 g/mol. The lowest BCUT2D eigenvalue weighted by molar-refractivity contribution is -0.142. The quantitative estimate of drug-likeness (QED) is 0.0145. The Morgan fingerprint density at radius 1 is 0.374 bits per heavy atom. The van der Waals surface area contributed by atoms with E-state index in [1.807, 2.05) is 10.6 Å². The highest BCUT2D eigenvalue weighted by molar-refractivity contribution is 6.07. The van der Waals surface area contributed by atoms with Crippen LogP contribution in [-0.2, 0) is 110 Å². The molecule has 24 N–H and O–H groups in total. The van der Waals surface area contributed by atoms with E-state index in [1.54, 1.807) is 0 Å². The number of carboxylic acids is 8. The molecule has 2 aromatic rings. The first-order valence-corrected chi connectivity index (χ1v) is 40.0. The van der Waals surface area contributed by atoms with E-state index in [1.165, 1.54) is 76.2 Å². The Morgan fingerprint density at radius 2 is 0.725 bits per heavy atom. The predicted molar refractivity (Wildman–Crippen MR) is 440 cm³/mol. The second kappa shape index (κ2) is 52.5. The van der Waals surface area contributed by atoms with Crippen LogP contribution in [0.15, 0.2) is 63.8 Å². The molecule has 4 rings (SSSR count). The molecule has 51 nitrogen and oxygen atoms in total. The molecule has 1 heterocycles. The number of hydrogen-bond donors (Lipinski definition) is 24. The zero-order chi connectivity index (χ0) is 98.4. The average Bonchev–Trinajstić information content (AvgIpc) is 0.746. The van der Waals surface area contributed by atoms with Gasteiger partial charge in [0.25, 0.3) is 12.4 Å². The van der Waals surface area contributed by atoms with Gasteiger partial charge in [0.15, 0.2) is 11.2 Å². The first-order chi connectivity index (χ1) is 61.5. The molecule has 0 saturated carbocycles. The van der Waals surface area contributed by atoms with Gasteiger partial charge >= 0.3 is 47.8 Å². The number of amides is 14. The first kappa shape index (κ1) is 108. The summed E-state index contributed by atoms with van der Waals surface area (Å²) in [5.74, 6) is -33.2. The van der Waals surface area contributed by atoms with E-state index in [0.29, 0.717) is 10.9 Å². The predicted octanol–water partition coefficient (Wildman–Crippen LogP) is -5.48. The van der Waals surface area contributed by atoms with Crippen LogP contribution in [0.4, 0.5) is 0 Å². The number of benzene rings is 3. The third-order valence-electron chi connectivity index (χ3n) is 19.1. The Balaban J connectivity index is 1.45. The van der Waals surface area contributed by atoms with Crippen LogP contribution in [0.3, 0.4) is 0 Å². The molecular formula is C80H100N14O37. The minimum Gasteiger partial charge on any atom is -0.508 e. The van der Waals surface area contributed by atoms with Gasteiger partial charge in [-0.3, -0.25) is 120 Å². The summed E-state index contributed by atoms with van der Waals surface area (Å²) < 4.78 is 11.2. The molecule has 0 radical (unpaired) electrons. The smallest absolute Gasteiger partial charge is 0.305 e. The maximum Gasteiger partial charge on any atom is 0.305 e. The van der Waals surface area contributed by atoms with E-state index in [9.17, 15) is 166 Å². The van der Waals surface area contributed by atoms with Crippen molar-refractivity contribution in [3.63, 3.8) is 0 Å². The van der Waals surface area contributed by atoms with E-state index in [-0.39, 0.29) is 46.0 Å². The van der Waals surface area contributed by atoms with Crippen molar-refractivity contribution in [2.45, 2.75) is 197 Å². The summed E-state index contributed by atoms with van der Waals surface area (Å²) in [5.41, 5.74) is 0.0625. The van der Waals surface area contributed by atoms with Gasteiger partial charge in [-0.25, -0.2) is 0 Å². The van der Waals surface area contributed by atoms with Crippen LogP contribution in [0.2, 0.25) is 0 Å². The van der Waals surface area contributed by atoms with Gasteiger partial charge in [-0.2, -0.15) is 0 Å². The molecule has 2 aromatic carbocycles. The number of aliphatic carboxylic acids is 8. The maximum absolute atomic E-state index is 14.2. The van der Waals surface area contributed by atoms with Crippen molar-refractivity contribution >= 4 is 154 Å². The van der Waals surface area contributed by atoms with Gasteiger partial charge in [-0.1, -0.05) is 27.7 Å². The molecule has 0 spiro atoms. The van der Waals surface area contributed by atoms with Crippen molar-refractivity contribution < 1.29 is 175 Å². The van der Waals surface area contributed by atoms with Crippen molar-refractivity contribution in [1.29, 1.82) is 0 Å². The van der Waals surface area contributed by atoms with Gasteiger partial charge in [0.2, 0.25) is 76.8 Å². The number of carbonyl (C=O) groups is 24. The molecule has 51 heteroatoms.